The molecule has 0 saturated carbocycles. The first-order valence-electron chi connectivity index (χ1n) is 0. The molecule has 23 valence electrons. The fraction of sp³-hybridized carbons (Fsp3) is 0. The van der Waals surface area contributed by atoms with Gasteiger partial charge < -0.3 is 0 Å². The molecule has 0 aromatic heterocycles. The SMILES string of the molecule is [Al].[Mo].[Ni].[Si]. The summed E-state index contributed by atoms with van der Waals surface area (Å²) >= 11 is 0. The van der Waals surface area contributed by atoms with Crippen molar-refractivity contribution in [1.29, 1.82) is 0 Å². The van der Waals surface area contributed by atoms with E-state index in [4.69, 9.17) is 0 Å². The molecule has 0 rings (SSSR count). The Morgan fingerprint density at radius 3 is 1.00 bits per heavy atom. The molecule has 4 heteroatoms. The zero-order valence-electron chi connectivity index (χ0n) is 1.80. The quantitative estimate of drug-likeness (QED) is 0.460. The van der Waals surface area contributed by atoms with Crippen LogP contribution < -0.4 is 0 Å². The summed E-state index contributed by atoms with van der Waals surface area (Å²) < 4.78 is 0. The van der Waals surface area contributed by atoms with Crippen LogP contribution >= 0.6 is 0 Å². The van der Waals surface area contributed by atoms with Gasteiger partial charge in [0.15, 0.2) is 0 Å². The molecule has 0 amide bonds. The van der Waals surface area contributed by atoms with E-state index < -0.39 is 0 Å². The summed E-state index contributed by atoms with van der Waals surface area (Å²) in [4.78, 5) is 0. The third-order valence-electron chi connectivity index (χ3n) is 0. The van der Waals surface area contributed by atoms with Crippen LogP contribution in [0.5, 0.6) is 0 Å². The number of hydrogen-bond donors (Lipinski definition) is 0. The summed E-state index contributed by atoms with van der Waals surface area (Å²) in [5, 5.41) is 0. The minimum Gasteiger partial charge on any atom is 0 e. The van der Waals surface area contributed by atoms with Crippen LogP contribution in [0.4, 0.5) is 0 Å². The summed E-state index contributed by atoms with van der Waals surface area (Å²) in [6, 6.07) is 0. The monoisotopic (exact) mass is 211 g/mol. The zero-order chi connectivity index (χ0) is 0. The van der Waals surface area contributed by atoms with E-state index in [9.17, 15) is 0 Å². The Labute approximate surface area is 65.5 Å². The standard InChI is InChI=1S/Al.Mo.Ni.Si. The van der Waals surface area contributed by atoms with Crippen molar-refractivity contribution in [1.82, 2.24) is 0 Å². The molecule has 0 N–H and O–H groups in total. The van der Waals surface area contributed by atoms with Gasteiger partial charge in [-0.2, -0.15) is 0 Å². The second-order valence-electron chi connectivity index (χ2n) is 0. The maximum absolute atomic E-state index is 0. The molecule has 0 nitrogen and oxygen atoms in total. The van der Waals surface area contributed by atoms with Crippen LogP contribution in [0.25, 0.3) is 0 Å². The molecule has 0 fully saturated rings. The van der Waals surface area contributed by atoms with Gasteiger partial charge in [0.2, 0.25) is 0 Å². The van der Waals surface area contributed by atoms with Gasteiger partial charge in [-0.15, -0.1) is 0 Å². The van der Waals surface area contributed by atoms with Crippen molar-refractivity contribution in [3.63, 3.8) is 0 Å². The predicted octanol–water partition coefficient (Wildman–Crippen LogP) is -0.767. The summed E-state index contributed by atoms with van der Waals surface area (Å²) in [6.45, 7) is 0. The van der Waals surface area contributed by atoms with Gasteiger partial charge in [0.25, 0.3) is 0 Å². The predicted molar refractivity (Wildman–Crippen MR) is 11.5 cm³/mol. The molecular weight excluding hydrogens is 210 g/mol. The van der Waals surface area contributed by atoms with Gasteiger partial charge in [-0.3, -0.25) is 0 Å². The fourth-order valence-electron chi connectivity index (χ4n) is 0. The van der Waals surface area contributed by atoms with Gasteiger partial charge in [0.1, 0.15) is 0 Å². The molecule has 7 radical (unpaired) electrons. The topological polar surface area (TPSA) is 0 Å². The van der Waals surface area contributed by atoms with Crippen molar-refractivity contribution < 1.29 is 37.6 Å². The number of rotatable bonds is 0. The molecule has 0 aromatic carbocycles. The van der Waals surface area contributed by atoms with E-state index in [-0.39, 0.29) is 65.9 Å². The molecule has 0 aromatic rings. The van der Waals surface area contributed by atoms with Crippen molar-refractivity contribution in [2.75, 3.05) is 0 Å². The zero-order valence-corrected chi connectivity index (χ0v) is 6.95. The van der Waals surface area contributed by atoms with Crippen molar-refractivity contribution in [2.45, 2.75) is 0 Å². The first-order chi connectivity index (χ1) is 0. The minimum absolute atomic E-state index is 0. The molecule has 0 spiro atoms. The van der Waals surface area contributed by atoms with Gasteiger partial charge in [-0.05, 0) is 0 Å². The van der Waals surface area contributed by atoms with E-state index in [1.807, 2.05) is 0 Å². The Hall–Kier alpha value is 1.93. The molecular formula is AlMoNiSi. The normalized spacial score (nSPS) is 0. The third-order valence-corrected chi connectivity index (χ3v) is 0. The summed E-state index contributed by atoms with van der Waals surface area (Å²) in [6.07, 6.45) is 0. The molecule has 0 unspecified atom stereocenters. The van der Waals surface area contributed by atoms with E-state index in [2.05, 4.69) is 0 Å². The maximum Gasteiger partial charge on any atom is 0 e. The first kappa shape index (κ1) is 38.7. The van der Waals surface area contributed by atoms with Gasteiger partial charge in [0, 0.05) is 65.9 Å². The minimum atomic E-state index is 0. The van der Waals surface area contributed by atoms with Gasteiger partial charge in [0.05, 0.1) is 0 Å². The first-order valence-corrected chi connectivity index (χ1v) is 0. The Morgan fingerprint density at radius 1 is 1.00 bits per heavy atom. The Kier molecular flexibility index (Phi) is 198. The molecule has 0 aliphatic carbocycles. The van der Waals surface area contributed by atoms with Crippen LogP contribution in [-0.4, -0.2) is 28.3 Å². The third kappa shape index (κ3) is 9.06. The van der Waals surface area contributed by atoms with E-state index in [1.54, 1.807) is 0 Å². The summed E-state index contributed by atoms with van der Waals surface area (Å²) in [7, 11) is 0. The summed E-state index contributed by atoms with van der Waals surface area (Å²) in [5.41, 5.74) is 0. The van der Waals surface area contributed by atoms with Crippen molar-refractivity contribution in [2.24, 2.45) is 0 Å². The molecule has 0 aliphatic rings. The molecule has 0 aliphatic heterocycles. The Bertz CT molecular complexity index is 8.00. The second-order valence-corrected chi connectivity index (χ2v) is 0. The van der Waals surface area contributed by atoms with Crippen LogP contribution in [-0.2, 0) is 37.6 Å². The maximum atomic E-state index is 0. The molecule has 0 bridgehead atoms. The average molecular weight is 210 g/mol. The molecule has 4 heavy (non-hydrogen) atoms. The fourth-order valence-corrected chi connectivity index (χ4v) is 0. The van der Waals surface area contributed by atoms with Crippen LogP contribution in [0.15, 0.2) is 0 Å². The van der Waals surface area contributed by atoms with Crippen molar-refractivity contribution in [3.05, 3.63) is 0 Å². The van der Waals surface area contributed by atoms with E-state index in [0.29, 0.717) is 0 Å². The van der Waals surface area contributed by atoms with Crippen LogP contribution in [0.2, 0.25) is 0 Å². The molecule has 0 saturated heterocycles. The van der Waals surface area contributed by atoms with E-state index in [1.165, 1.54) is 0 Å². The van der Waals surface area contributed by atoms with E-state index in [0.717, 1.165) is 0 Å². The van der Waals surface area contributed by atoms with Crippen LogP contribution in [0.1, 0.15) is 0 Å². The molecule has 0 heterocycles. The van der Waals surface area contributed by atoms with Crippen LogP contribution in [0, 0.1) is 0 Å². The second kappa shape index (κ2) is 20.4. The van der Waals surface area contributed by atoms with Gasteiger partial charge >= 0.3 is 0 Å². The largest absolute Gasteiger partial charge is 0 e. The van der Waals surface area contributed by atoms with Crippen molar-refractivity contribution in [3.8, 4) is 0 Å². The van der Waals surface area contributed by atoms with Gasteiger partial charge in [-0.1, -0.05) is 0 Å². The smallest absolute Gasteiger partial charge is 0 e. The van der Waals surface area contributed by atoms with E-state index >= 15 is 0 Å². The Morgan fingerprint density at radius 2 is 1.00 bits per heavy atom. The van der Waals surface area contributed by atoms with Gasteiger partial charge in [-0.25, -0.2) is 0 Å². The van der Waals surface area contributed by atoms with Crippen molar-refractivity contribution >= 4 is 28.3 Å². The molecule has 0 atom stereocenters. The number of hydrogen-bond acceptors (Lipinski definition) is 0. The van der Waals surface area contributed by atoms with Crippen LogP contribution in [0.3, 0.4) is 0 Å². The summed E-state index contributed by atoms with van der Waals surface area (Å²) in [5.74, 6) is 0. The Balaban J connectivity index is 0. The average Bonchev–Trinajstić information content (AvgIpc) is 0.